The van der Waals surface area contributed by atoms with E-state index in [9.17, 15) is 9.59 Å². The van der Waals surface area contributed by atoms with Crippen molar-refractivity contribution in [1.29, 1.82) is 0 Å². The third-order valence-electron chi connectivity index (χ3n) is 3.89. The van der Waals surface area contributed by atoms with Gasteiger partial charge in [0.05, 0.1) is 12.1 Å². The lowest BCUT2D eigenvalue weighted by Crippen LogP contribution is -2.14. The molecule has 0 saturated heterocycles. The average Bonchev–Trinajstić information content (AvgIpc) is 3.09. The second kappa shape index (κ2) is 7.87. The Bertz CT molecular complexity index is 1190. The summed E-state index contributed by atoms with van der Waals surface area (Å²) < 4.78 is 1.77. The molecule has 0 fully saturated rings. The van der Waals surface area contributed by atoms with Crippen LogP contribution in [0.15, 0.2) is 70.9 Å². The molecule has 0 unspecified atom stereocenters. The van der Waals surface area contributed by atoms with Crippen LogP contribution in [0.1, 0.15) is 0 Å². The molecule has 1 amide bonds. The Morgan fingerprint density at radius 2 is 1.89 bits per heavy atom. The fourth-order valence-corrected chi connectivity index (χ4v) is 3.59. The standard InChI is InChI=1S/C19H14ClN5O2S/c20-12-6-8-13(9-7-12)23-15(26)10-28-19-24-16-17(21-11-22-18(16)27)25(19)14-4-2-1-3-5-14/h1-9,11H,10H2,(H,23,26)(H,21,22,27). The molecule has 2 heterocycles. The van der Waals surface area contributed by atoms with Crippen LogP contribution in [-0.4, -0.2) is 31.2 Å². The molecule has 4 aromatic rings. The first kappa shape index (κ1) is 18.3. The van der Waals surface area contributed by atoms with Crippen LogP contribution >= 0.6 is 23.4 Å². The largest absolute Gasteiger partial charge is 0.325 e. The number of anilines is 1. The number of carbonyl (C=O) groups is 1. The van der Waals surface area contributed by atoms with Crippen molar-refractivity contribution in [3.8, 4) is 5.69 Å². The number of benzene rings is 2. The minimum absolute atomic E-state index is 0.122. The van der Waals surface area contributed by atoms with E-state index in [4.69, 9.17) is 11.6 Å². The predicted octanol–water partition coefficient (Wildman–Crippen LogP) is 3.49. The molecule has 4 rings (SSSR count). The highest BCUT2D eigenvalue weighted by Gasteiger charge is 2.17. The molecule has 2 aromatic carbocycles. The molecule has 28 heavy (non-hydrogen) atoms. The monoisotopic (exact) mass is 411 g/mol. The number of carbonyl (C=O) groups excluding carboxylic acids is 1. The number of hydrogen-bond donors (Lipinski definition) is 2. The van der Waals surface area contributed by atoms with E-state index in [1.165, 1.54) is 18.1 Å². The second-order valence-corrected chi connectivity index (χ2v) is 7.19. The van der Waals surface area contributed by atoms with E-state index in [2.05, 4.69) is 20.3 Å². The Hall–Kier alpha value is -3.10. The molecule has 0 radical (unpaired) electrons. The lowest BCUT2D eigenvalue weighted by molar-refractivity contribution is -0.113. The van der Waals surface area contributed by atoms with E-state index < -0.39 is 0 Å². The zero-order chi connectivity index (χ0) is 19.5. The molecular formula is C19H14ClN5O2S. The minimum atomic E-state index is -0.327. The smallest absolute Gasteiger partial charge is 0.278 e. The lowest BCUT2D eigenvalue weighted by atomic mass is 10.3. The number of hydrogen-bond acceptors (Lipinski definition) is 5. The summed E-state index contributed by atoms with van der Waals surface area (Å²) in [6.07, 6.45) is 1.34. The first-order valence-electron chi connectivity index (χ1n) is 8.31. The average molecular weight is 412 g/mol. The number of imidazole rings is 1. The maximum absolute atomic E-state index is 12.3. The van der Waals surface area contributed by atoms with Gasteiger partial charge in [0.2, 0.25) is 5.91 Å². The number of aromatic amines is 1. The van der Waals surface area contributed by atoms with Crippen LogP contribution in [0.3, 0.4) is 0 Å². The van der Waals surface area contributed by atoms with Gasteiger partial charge in [-0.1, -0.05) is 41.6 Å². The maximum Gasteiger partial charge on any atom is 0.278 e. The topological polar surface area (TPSA) is 92.7 Å². The summed E-state index contributed by atoms with van der Waals surface area (Å²) in [6, 6.07) is 16.3. The quantitative estimate of drug-likeness (QED) is 0.490. The molecule has 2 aromatic heterocycles. The molecule has 0 spiro atoms. The highest BCUT2D eigenvalue weighted by Crippen LogP contribution is 2.25. The molecular weight excluding hydrogens is 398 g/mol. The van der Waals surface area contributed by atoms with E-state index in [-0.39, 0.29) is 22.7 Å². The summed E-state index contributed by atoms with van der Waals surface area (Å²) in [7, 11) is 0. The molecule has 2 N–H and O–H groups in total. The van der Waals surface area contributed by atoms with Gasteiger partial charge in [0, 0.05) is 16.4 Å². The Morgan fingerprint density at radius 3 is 2.64 bits per heavy atom. The van der Waals surface area contributed by atoms with Gasteiger partial charge in [0.1, 0.15) is 0 Å². The predicted molar refractivity (Wildman–Crippen MR) is 110 cm³/mol. The summed E-state index contributed by atoms with van der Waals surface area (Å²) >= 11 is 7.08. The maximum atomic E-state index is 12.3. The zero-order valence-corrected chi connectivity index (χ0v) is 16.0. The molecule has 0 atom stereocenters. The number of para-hydroxylation sites is 1. The van der Waals surface area contributed by atoms with E-state index >= 15 is 0 Å². The molecule has 140 valence electrons. The third kappa shape index (κ3) is 3.78. The molecule has 9 heteroatoms. The molecule has 0 bridgehead atoms. The van der Waals surface area contributed by atoms with Gasteiger partial charge in [0.25, 0.3) is 5.56 Å². The van der Waals surface area contributed by atoms with Gasteiger partial charge in [-0.05, 0) is 36.4 Å². The van der Waals surface area contributed by atoms with Crippen LogP contribution in [0.25, 0.3) is 16.9 Å². The first-order chi connectivity index (χ1) is 13.6. The van der Waals surface area contributed by atoms with E-state index in [1.807, 2.05) is 30.3 Å². The van der Waals surface area contributed by atoms with Gasteiger partial charge in [-0.25, -0.2) is 9.97 Å². The number of halogens is 1. The van der Waals surface area contributed by atoms with E-state index in [0.717, 1.165) is 5.69 Å². The molecule has 7 nitrogen and oxygen atoms in total. The number of nitrogens with one attached hydrogen (secondary N) is 2. The van der Waals surface area contributed by atoms with Crippen molar-refractivity contribution in [2.24, 2.45) is 0 Å². The van der Waals surface area contributed by atoms with Crippen molar-refractivity contribution in [2.45, 2.75) is 5.16 Å². The fourth-order valence-electron chi connectivity index (χ4n) is 2.65. The van der Waals surface area contributed by atoms with Gasteiger partial charge < -0.3 is 10.3 Å². The molecule has 0 aliphatic heterocycles. The SMILES string of the molecule is O=C(CSc1nc2c(=O)[nH]cnc2n1-c1ccccc1)Nc1ccc(Cl)cc1. The zero-order valence-electron chi connectivity index (χ0n) is 14.4. The van der Waals surface area contributed by atoms with Crippen LogP contribution in [0.2, 0.25) is 5.02 Å². The van der Waals surface area contributed by atoms with Gasteiger partial charge in [-0.3, -0.25) is 14.2 Å². The third-order valence-corrected chi connectivity index (χ3v) is 5.09. The normalized spacial score (nSPS) is 10.9. The van der Waals surface area contributed by atoms with Crippen molar-refractivity contribution in [3.63, 3.8) is 0 Å². The lowest BCUT2D eigenvalue weighted by Gasteiger charge is -2.08. The summed E-state index contributed by atoms with van der Waals surface area (Å²) in [4.78, 5) is 35.6. The Balaban J connectivity index is 1.61. The van der Waals surface area contributed by atoms with Crippen molar-refractivity contribution >= 4 is 46.1 Å². The van der Waals surface area contributed by atoms with E-state index in [0.29, 0.717) is 21.5 Å². The molecule has 0 aliphatic rings. The highest BCUT2D eigenvalue weighted by molar-refractivity contribution is 7.99. The second-order valence-electron chi connectivity index (χ2n) is 5.81. The number of amides is 1. The molecule has 0 aliphatic carbocycles. The Morgan fingerprint density at radius 1 is 1.14 bits per heavy atom. The van der Waals surface area contributed by atoms with Crippen LogP contribution < -0.4 is 10.9 Å². The Kier molecular flexibility index (Phi) is 5.14. The molecule has 0 saturated carbocycles. The van der Waals surface area contributed by atoms with Crippen molar-refractivity contribution in [3.05, 3.63) is 76.3 Å². The van der Waals surface area contributed by atoms with Crippen LogP contribution in [-0.2, 0) is 4.79 Å². The fraction of sp³-hybridized carbons (Fsp3) is 0.0526. The van der Waals surface area contributed by atoms with Gasteiger partial charge >= 0.3 is 0 Å². The number of rotatable bonds is 5. The van der Waals surface area contributed by atoms with E-state index in [1.54, 1.807) is 28.8 Å². The number of fused-ring (bicyclic) bond motifs is 1. The number of aromatic nitrogens is 4. The Labute approximate surface area is 168 Å². The van der Waals surface area contributed by atoms with Crippen LogP contribution in [0.4, 0.5) is 5.69 Å². The number of nitrogens with zero attached hydrogens (tertiary/aromatic N) is 3. The van der Waals surface area contributed by atoms with Gasteiger partial charge in [-0.2, -0.15) is 0 Å². The number of H-pyrrole nitrogens is 1. The van der Waals surface area contributed by atoms with Crippen LogP contribution in [0, 0.1) is 0 Å². The first-order valence-corrected chi connectivity index (χ1v) is 9.68. The van der Waals surface area contributed by atoms with Crippen LogP contribution in [0.5, 0.6) is 0 Å². The van der Waals surface area contributed by atoms with Gasteiger partial charge in [-0.15, -0.1) is 0 Å². The van der Waals surface area contributed by atoms with Gasteiger partial charge in [0.15, 0.2) is 16.3 Å². The number of thioether (sulfide) groups is 1. The highest BCUT2D eigenvalue weighted by atomic mass is 35.5. The minimum Gasteiger partial charge on any atom is -0.325 e. The van der Waals surface area contributed by atoms with Crippen molar-refractivity contribution in [2.75, 3.05) is 11.1 Å². The summed E-state index contributed by atoms with van der Waals surface area (Å²) in [5.74, 6) is -0.0719. The van der Waals surface area contributed by atoms with Crippen molar-refractivity contribution in [1.82, 2.24) is 19.5 Å². The summed E-state index contributed by atoms with van der Waals surface area (Å²) in [5, 5.41) is 3.91. The summed E-state index contributed by atoms with van der Waals surface area (Å²) in [5.41, 5.74) is 1.81. The van der Waals surface area contributed by atoms with Crippen molar-refractivity contribution < 1.29 is 4.79 Å². The summed E-state index contributed by atoms with van der Waals surface area (Å²) in [6.45, 7) is 0.